The Labute approximate surface area is 91.6 Å². The van der Waals surface area contributed by atoms with Crippen LogP contribution in [-0.4, -0.2) is 10.8 Å². The fraction of sp³-hybridized carbons (Fsp3) is 0.0909. The van der Waals surface area contributed by atoms with Gasteiger partial charge in [-0.05, 0) is 5.56 Å². The molecule has 4 heteroatoms. The minimum absolute atomic E-state index is 0.0539. The average Bonchev–Trinajstić information content (AvgIpc) is 2.62. The molecule has 0 aliphatic heterocycles. The van der Waals surface area contributed by atoms with Gasteiger partial charge < -0.3 is 5.73 Å². The summed E-state index contributed by atoms with van der Waals surface area (Å²) < 4.78 is 0. The molecule has 2 N–H and O–H groups in total. The number of ketones is 1. The molecule has 0 spiro atoms. The zero-order valence-corrected chi connectivity index (χ0v) is 9.04. The van der Waals surface area contributed by atoms with E-state index in [1.165, 1.54) is 18.3 Å². The number of thiazole rings is 1. The number of rotatable bonds is 2. The summed E-state index contributed by atoms with van der Waals surface area (Å²) in [6, 6.07) is 9.67. The van der Waals surface area contributed by atoms with Crippen molar-refractivity contribution < 1.29 is 4.79 Å². The van der Waals surface area contributed by atoms with Crippen LogP contribution in [0.3, 0.4) is 0 Å². The highest BCUT2D eigenvalue weighted by atomic mass is 32.1. The molecule has 0 radical (unpaired) electrons. The molecule has 2 aromatic rings. The van der Waals surface area contributed by atoms with Crippen molar-refractivity contribution in [2.75, 3.05) is 5.73 Å². The lowest BCUT2D eigenvalue weighted by Gasteiger charge is -1.97. The molecular formula is C11H10N2OS. The summed E-state index contributed by atoms with van der Waals surface area (Å²) >= 11 is 1.34. The quantitative estimate of drug-likeness (QED) is 0.788. The first-order valence-corrected chi connectivity index (χ1v) is 5.33. The summed E-state index contributed by atoms with van der Waals surface area (Å²) in [6.07, 6.45) is 0. The molecule has 1 heterocycles. The molecule has 0 unspecified atom stereocenters. The van der Waals surface area contributed by atoms with Gasteiger partial charge in [-0.2, -0.15) is 0 Å². The molecule has 0 amide bonds. The van der Waals surface area contributed by atoms with Crippen LogP contribution in [0.15, 0.2) is 30.3 Å². The summed E-state index contributed by atoms with van der Waals surface area (Å²) in [7, 11) is 0. The second-order valence-electron chi connectivity index (χ2n) is 3.15. The molecule has 0 fully saturated rings. The highest BCUT2D eigenvalue weighted by Crippen LogP contribution is 2.31. The number of nitrogen functional groups attached to an aromatic ring is 1. The molecule has 2 rings (SSSR count). The Morgan fingerprint density at radius 3 is 2.60 bits per heavy atom. The lowest BCUT2D eigenvalue weighted by molar-refractivity contribution is 0.101. The van der Waals surface area contributed by atoms with Gasteiger partial charge in [0.05, 0.1) is 4.88 Å². The summed E-state index contributed by atoms with van der Waals surface area (Å²) in [5.74, 6) is -0.0539. The van der Waals surface area contributed by atoms with E-state index in [1.807, 2.05) is 30.3 Å². The van der Waals surface area contributed by atoms with Gasteiger partial charge in [0.1, 0.15) is 5.69 Å². The number of anilines is 1. The van der Waals surface area contributed by atoms with Gasteiger partial charge in [-0.15, -0.1) is 0 Å². The van der Waals surface area contributed by atoms with Gasteiger partial charge in [0.25, 0.3) is 0 Å². The third-order valence-electron chi connectivity index (χ3n) is 2.01. The van der Waals surface area contributed by atoms with Crippen molar-refractivity contribution in [1.29, 1.82) is 0 Å². The SMILES string of the molecule is CC(=O)c1nc(N)sc1-c1ccccc1. The number of nitrogens with zero attached hydrogens (tertiary/aromatic N) is 1. The van der Waals surface area contributed by atoms with Gasteiger partial charge >= 0.3 is 0 Å². The van der Waals surface area contributed by atoms with Crippen molar-refractivity contribution in [1.82, 2.24) is 4.98 Å². The first kappa shape index (κ1) is 9.86. The summed E-state index contributed by atoms with van der Waals surface area (Å²) in [6.45, 7) is 1.50. The number of carbonyl (C=O) groups excluding carboxylic acids is 1. The van der Waals surface area contributed by atoms with Crippen LogP contribution in [0.4, 0.5) is 5.13 Å². The molecule has 0 aliphatic carbocycles. The minimum Gasteiger partial charge on any atom is -0.375 e. The van der Waals surface area contributed by atoms with E-state index in [0.29, 0.717) is 10.8 Å². The van der Waals surface area contributed by atoms with E-state index in [2.05, 4.69) is 4.98 Å². The van der Waals surface area contributed by atoms with Crippen molar-refractivity contribution in [2.24, 2.45) is 0 Å². The first-order chi connectivity index (χ1) is 7.18. The summed E-state index contributed by atoms with van der Waals surface area (Å²) in [5, 5.41) is 0.430. The van der Waals surface area contributed by atoms with E-state index in [-0.39, 0.29) is 5.78 Å². The van der Waals surface area contributed by atoms with E-state index < -0.39 is 0 Å². The van der Waals surface area contributed by atoms with Crippen molar-refractivity contribution in [3.05, 3.63) is 36.0 Å². The van der Waals surface area contributed by atoms with Crippen LogP contribution in [0.5, 0.6) is 0 Å². The van der Waals surface area contributed by atoms with Crippen LogP contribution in [0.2, 0.25) is 0 Å². The second kappa shape index (κ2) is 3.82. The van der Waals surface area contributed by atoms with Crippen LogP contribution >= 0.6 is 11.3 Å². The average molecular weight is 218 g/mol. The fourth-order valence-corrected chi connectivity index (χ4v) is 2.25. The maximum Gasteiger partial charge on any atom is 0.181 e. The lowest BCUT2D eigenvalue weighted by atomic mass is 10.1. The van der Waals surface area contributed by atoms with Gasteiger partial charge in [0.2, 0.25) is 0 Å². The van der Waals surface area contributed by atoms with Gasteiger partial charge in [0.15, 0.2) is 10.9 Å². The smallest absolute Gasteiger partial charge is 0.181 e. The van der Waals surface area contributed by atoms with Gasteiger partial charge in [-0.1, -0.05) is 41.7 Å². The minimum atomic E-state index is -0.0539. The van der Waals surface area contributed by atoms with Crippen LogP contribution in [0.25, 0.3) is 10.4 Å². The number of hydrogen-bond acceptors (Lipinski definition) is 4. The maximum absolute atomic E-state index is 11.3. The van der Waals surface area contributed by atoms with E-state index >= 15 is 0 Å². The van der Waals surface area contributed by atoms with Crippen molar-refractivity contribution in [2.45, 2.75) is 6.92 Å². The number of benzene rings is 1. The fourth-order valence-electron chi connectivity index (χ4n) is 1.36. The van der Waals surface area contributed by atoms with Crippen molar-refractivity contribution in [3.8, 4) is 10.4 Å². The molecule has 0 bridgehead atoms. The van der Waals surface area contributed by atoms with Crippen LogP contribution in [0.1, 0.15) is 17.4 Å². The van der Waals surface area contributed by atoms with E-state index in [4.69, 9.17) is 5.73 Å². The lowest BCUT2D eigenvalue weighted by Crippen LogP contribution is -1.95. The Kier molecular flexibility index (Phi) is 2.51. The van der Waals surface area contributed by atoms with E-state index in [9.17, 15) is 4.79 Å². The van der Waals surface area contributed by atoms with Gasteiger partial charge in [-0.3, -0.25) is 4.79 Å². The molecule has 1 aromatic heterocycles. The summed E-state index contributed by atoms with van der Waals surface area (Å²) in [5.41, 5.74) is 7.05. The summed E-state index contributed by atoms with van der Waals surface area (Å²) in [4.78, 5) is 16.2. The molecule has 0 saturated heterocycles. The monoisotopic (exact) mass is 218 g/mol. The Morgan fingerprint density at radius 1 is 1.33 bits per heavy atom. The largest absolute Gasteiger partial charge is 0.375 e. The topological polar surface area (TPSA) is 56.0 Å². The Bertz CT molecular complexity index is 491. The Balaban J connectivity index is 2.58. The number of carbonyl (C=O) groups is 1. The molecular weight excluding hydrogens is 208 g/mol. The molecule has 3 nitrogen and oxygen atoms in total. The third kappa shape index (κ3) is 1.89. The van der Waals surface area contributed by atoms with Crippen LogP contribution in [0, 0.1) is 0 Å². The molecule has 15 heavy (non-hydrogen) atoms. The van der Waals surface area contributed by atoms with Gasteiger partial charge in [-0.25, -0.2) is 4.98 Å². The number of hydrogen-bond donors (Lipinski definition) is 1. The number of Topliss-reactive ketones (excluding diaryl/α,β-unsaturated/α-hetero) is 1. The Morgan fingerprint density at radius 2 is 2.00 bits per heavy atom. The zero-order chi connectivity index (χ0) is 10.8. The van der Waals surface area contributed by atoms with E-state index in [1.54, 1.807) is 0 Å². The molecule has 0 atom stereocenters. The van der Waals surface area contributed by atoms with Crippen molar-refractivity contribution >= 4 is 22.3 Å². The predicted molar refractivity (Wildman–Crippen MR) is 62.0 cm³/mol. The van der Waals surface area contributed by atoms with Gasteiger partial charge in [0, 0.05) is 6.92 Å². The van der Waals surface area contributed by atoms with Crippen LogP contribution in [-0.2, 0) is 0 Å². The first-order valence-electron chi connectivity index (χ1n) is 4.51. The molecule has 0 aliphatic rings. The van der Waals surface area contributed by atoms with E-state index in [0.717, 1.165) is 10.4 Å². The predicted octanol–water partition coefficient (Wildman–Crippen LogP) is 2.59. The highest BCUT2D eigenvalue weighted by molar-refractivity contribution is 7.19. The molecule has 1 aromatic carbocycles. The molecule has 0 saturated carbocycles. The Hall–Kier alpha value is -1.68. The van der Waals surface area contributed by atoms with Crippen LogP contribution < -0.4 is 5.73 Å². The second-order valence-corrected chi connectivity index (χ2v) is 4.18. The van der Waals surface area contributed by atoms with Crippen molar-refractivity contribution in [3.63, 3.8) is 0 Å². The normalized spacial score (nSPS) is 10.2. The maximum atomic E-state index is 11.3. The third-order valence-corrected chi connectivity index (χ3v) is 2.95. The number of aromatic nitrogens is 1. The highest BCUT2D eigenvalue weighted by Gasteiger charge is 2.14. The number of nitrogens with two attached hydrogens (primary N) is 1. The standard InChI is InChI=1S/C11H10N2OS/c1-7(14)9-10(15-11(12)13-9)8-5-3-2-4-6-8/h2-6H,1H3,(H2,12,13). The zero-order valence-electron chi connectivity index (χ0n) is 8.23. The molecule has 76 valence electrons.